The normalized spacial score (nSPS) is 26.2. The van der Waals surface area contributed by atoms with Gasteiger partial charge in [0.25, 0.3) is 0 Å². The zero-order valence-corrected chi connectivity index (χ0v) is 10.1. The molecular formula is C14H23NO. The van der Waals surface area contributed by atoms with E-state index in [0.717, 1.165) is 37.8 Å². The number of nitrogens with one attached hydrogen (secondary N) is 1. The zero-order chi connectivity index (χ0) is 11.2. The smallest absolute Gasteiger partial charge is 0.158 e. The summed E-state index contributed by atoms with van der Waals surface area (Å²) in [7, 11) is 0. The predicted molar refractivity (Wildman–Crippen MR) is 66.4 cm³/mol. The van der Waals surface area contributed by atoms with Crippen molar-refractivity contribution in [1.82, 2.24) is 5.32 Å². The van der Waals surface area contributed by atoms with Crippen molar-refractivity contribution in [3.8, 4) is 0 Å². The Hall–Kier alpha value is -0.630. The molecule has 1 atom stereocenters. The first kappa shape index (κ1) is 11.8. The SMILES string of the molecule is O=C(CCC1CCCCN1)C1=CCCCC1. The lowest BCUT2D eigenvalue weighted by Gasteiger charge is -2.23. The van der Waals surface area contributed by atoms with Gasteiger partial charge in [-0.25, -0.2) is 0 Å². The molecule has 16 heavy (non-hydrogen) atoms. The molecule has 0 radical (unpaired) electrons. The van der Waals surface area contributed by atoms with E-state index in [0.29, 0.717) is 11.8 Å². The molecule has 2 rings (SSSR count). The summed E-state index contributed by atoms with van der Waals surface area (Å²) in [6.45, 7) is 1.14. The Labute approximate surface area is 98.5 Å². The highest BCUT2D eigenvalue weighted by molar-refractivity contribution is 5.95. The standard InChI is InChI=1S/C14H23NO/c16-14(12-6-2-1-3-7-12)10-9-13-8-4-5-11-15-13/h6,13,15H,1-5,7-11H2. The van der Waals surface area contributed by atoms with Crippen molar-refractivity contribution in [2.45, 2.75) is 63.8 Å². The van der Waals surface area contributed by atoms with Gasteiger partial charge in [-0.15, -0.1) is 0 Å². The van der Waals surface area contributed by atoms with Crippen LogP contribution in [0.4, 0.5) is 0 Å². The van der Waals surface area contributed by atoms with Crippen LogP contribution in [0.3, 0.4) is 0 Å². The summed E-state index contributed by atoms with van der Waals surface area (Å²) in [4.78, 5) is 11.9. The number of hydrogen-bond acceptors (Lipinski definition) is 2. The lowest BCUT2D eigenvalue weighted by atomic mass is 9.92. The molecule has 0 amide bonds. The fourth-order valence-corrected chi connectivity index (χ4v) is 2.73. The highest BCUT2D eigenvalue weighted by atomic mass is 16.1. The fraction of sp³-hybridized carbons (Fsp3) is 0.786. The average Bonchev–Trinajstić information content (AvgIpc) is 2.38. The molecule has 0 aromatic heterocycles. The van der Waals surface area contributed by atoms with Crippen LogP contribution in [0, 0.1) is 0 Å². The Morgan fingerprint density at radius 3 is 2.94 bits per heavy atom. The maximum atomic E-state index is 11.9. The molecule has 0 aromatic carbocycles. The summed E-state index contributed by atoms with van der Waals surface area (Å²) in [5.74, 6) is 0.409. The molecule has 1 N–H and O–H groups in total. The van der Waals surface area contributed by atoms with Gasteiger partial charge < -0.3 is 5.32 Å². The molecule has 1 aliphatic carbocycles. The zero-order valence-electron chi connectivity index (χ0n) is 10.1. The minimum absolute atomic E-state index is 0.409. The van der Waals surface area contributed by atoms with Gasteiger partial charge in [-0.3, -0.25) is 4.79 Å². The Balaban J connectivity index is 1.72. The van der Waals surface area contributed by atoms with Gasteiger partial charge in [0, 0.05) is 12.5 Å². The van der Waals surface area contributed by atoms with Crippen molar-refractivity contribution in [2.75, 3.05) is 6.54 Å². The number of hydrogen-bond donors (Lipinski definition) is 1. The molecule has 0 saturated carbocycles. The Bertz CT molecular complexity index is 264. The van der Waals surface area contributed by atoms with Crippen LogP contribution < -0.4 is 5.32 Å². The van der Waals surface area contributed by atoms with Crippen LogP contribution in [0.15, 0.2) is 11.6 Å². The molecule has 1 fully saturated rings. The van der Waals surface area contributed by atoms with Crippen LogP contribution in [0.1, 0.15) is 57.8 Å². The second-order valence-corrected chi connectivity index (χ2v) is 5.08. The summed E-state index contributed by atoms with van der Waals surface area (Å²) < 4.78 is 0. The van der Waals surface area contributed by atoms with Crippen molar-refractivity contribution >= 4 is 5.78 Å². The molecular weight excluding hydrogens is 198 g/mol. The largest absolute Gasteiger partial charge is 0.314 e. The lowest BCUT2D eigenvalue weighted by molar-refractivity contribution is -0.116. The molecule has 1 unspecified atom stereocenters. The number of Topliss-reactive ketones (excluding diaryl/α,β-unsaturated/α-hetero) is 1. The van der Waals surface area contributed by atoms with Crippen LogP contribution >= 0.6 is 0 Å². The summed E-state index contributed by atoms with van der Waals surface area (Å²) in [6.07, 6.45) is 12.5. The van der Waals surface area contributed by atoms with E-state index in [2.05, 4.69) is 11.4 Å². The van der Waals surface area contributed by atoms with Gasteiger partial charge in [0.1, 0.15) is 0 Å². The maximum absolute atomic E-state index is 11.9. The highest BCUT2D eigenvalue weighted by Crippen LogP contribution is 2.21. The van der Waals surface area contributed by atoms with Crippen molar-refractivity contribution in [1.29, 1.82) is 0 Å². The quantitative estimate of drug-likeness (QED) is 0.790. The van der Waals surface area contributed by atoms with Gasteiger partial charge in [0.15, 0.2) is 5.78 Å². The van der Waals surface area contributed by atoms with Gasteiger partial charge in [0.05, 0.1) is 0 Å². The molecule has 2 aliphatic rings. The number of carbonyl (C=O) groups excluding carboxylic acids is 1. The molecule has 2 nitrogen and oxygen atoms in total. The van der Waals surface area contributed by atoms with E-state index in [1.807, 2.05) is 0 Å². The van der Waals surface area contributed by atoms with Crippen LogP contribution in [-0.4, -0.2) is 18.4 Å². The van der Waals surface area contributed by atoms with E-state index < -0.39 is 0 Å². The van der Waals surface area contributed by atoms with E-state index in [9.17, 15) is 4.79 Å². The number of rotatable bonds is 4. The van der Waals surface area contributed by atoms with Gasteiger partial charge in [-0.05, 0) is 57.1 Å². The number of carbonyl (C=O) groups is 1. The molecule has 1 heterocycles. The Morgan fingerprint density at radius 1 is 1.31 bits per heavy atom. The van der Waals surface area contributed by atoms with Gasteiger partial charge in [-0.1, -0.05) is 12.5 Å². The predicted octanol–water partition coefficient (Wildman–Crippen LogP) is 2.98. The number of ketones is 1. The second kappa shape index (κ2) is 6.19. The molecule has 0 aromatic rings. The topological polar surface area (TPSA) is 29.1 Å². The number of piperidine rings is 1. The molecule has 1 saturated heterocycles. The Kier molecular flexibility index (Phi) is 4.58. The van der Waals surface area contributed by atoms with Gasteiger partial charge in [-0.2, -0.15) is 0 Å². The third-order valence-corrected chi connectivity index (χ3v) is 3.78. The third kappa shape index (κ3) is 3.44. The Morgan fingerprint density at radius 2 is 2.25 bits per heavy atom. The van der Waals surface area contributed by atoms with Crippen molar-refractivity contribution in [2.24, 2.45) is 0 Å². The first-order valence-corrected chi connectivity index (χ1v) is 6.82. The van der Waals surface area contributed by atoms with E-state index in [1.165, 1.54) is 32.1 Å². The fourth-order valence-electron chi connectivity index (χ4n) is 2.73. The number of allylic oxidation sites excluding steroid dienone is 2. The van der Waals surface area contributed by atoms with Crippen molar-refractivity contribution in [3.05, 3.63) is 11.6 Å². The summed E-state index contributed by atoms with van der Waals surface area (Å²) in [5.41, 5.74) is 1.11. The van der Waals surface area contributed by atoms with Gasteiger partial charge >= 0.3 is 0 Å². The lowest BCUT2D eigenvalue weighted by Crippen LogP contribution is -2.34. The van der Waals surface area contributed by atoms with Crippen LogP contribution in [0.2, 0.25) is 0 Å². The van der Waals surface area contributed by atoms with Crippen LogP contribution in [0.5, 0.6) is 0 Å². The summed E-state index contributed by atoms with van der Waals surface area (Å²) in [6, 6.07) is 0.599. The monoisotopic (exact) mass is 221 g/mol. The summed E-state index contributed by atoms with van der Waals surface area (Å²) in [5, 5.41) is 3.51. The molecule has 1 aliphatic heterocycles. The second-order valence-electron chi connectivity index (χ2n) is 5.08. The molecule has 90 valence electrons. The van der Waals surface area contributed by atoms with E-state index >= 15 is 0 Å². The maximum Gasteiger partial charge on any atom is 0.158 e. The van der Waals surface area contributed by atoms with Crippen LogP contribution in [0.25, 0.3) is 0 Å². The van der Waals surface area contributed by atoms with E-state index in [-0.39, 0.29) is 0 Å². The van der Waals surface area contributed by atoms with Gasteiger partial charge in [0.2, 0.25) is 0 Å². The molecule has 2 heteroatoms. The first-order valence-electron chi connectivity index (χ1n) is 6.82. The first-order chi connectivity index (χ1) is 7.86. The van der Waals surface area contributed by atoms with Crippen LogP contribution in [-0.2, 0) is 4.79 Å². The van der Waals surface area contributed by atoms with E-state index in [1.54, 1.807) is 0 Å². The average molecular weight is 221 g/mol. The minimum Gasteiger partial charge on any atom is -0.314 e. The molecule has 0 spiro atoms. The molecule has 0 bridgehead atoms. The minimum atomic E-state index is 0.409. The third-order valence-electron chi connectivity index (χ3n) is 3.78. The van der Waals surface area contributed by atoms with E-state index in [4.69, 9.17) is 0 Å². The van der Waals surface area contributed by atoms with Crippen molar-refractivity contribution in [3.63, 3.8) is 0 Å². The van der Waals surface area contributed by atoms with Crippen molar-refractivity contribution < 1.29 is 4.79 Å². The highest BCUT2D eigenvalue weighted by Gasteiger charge is 2.16. The summed E-state index contributed by atoms with van der Waals surface area (Å²) >= 11 is 0.